The molecule has 1 amide bonds. The summed E-state index contributed by atoms with van der Waals surface area (Å²) in [4.78, 5) is 17.8. The average molecular weight is 418 g/mol. The van der Waals surface area contributed by atoms with Gasteiger partial charge in [-0.3, -0.25) is 9.63 Å². The molecule has 0 unspecified atom stereocenters. The lowest BCUT2D eigenvalue weighted by Gasteiger charge is -2.39. The van der Waals surface area contributed by atoms with Gasteiger partial charge in [0.15, 0.2) is 0 Å². The summed E-state index contributed by atoms with van der Waals surface area (Å²) >= 11 is 6.22. The lowest BCUT2D eigenvalue weighted by molar-refractivity contribution is -0.277. The van der Waals surface area contributed by atoms with Crippen LogP contribution in [-0.4, -0.2) is 75.3 Å². The number of aliphatic hydroxyl groups excluding tert-OH is 4. The zero-order valence-corrected chi connectivity index (χ0v) is 16.2. The Morgan fingerprint density at radius 2 is 1.96 bits per heavy atom. The number of amides is 1. The highest BCUT2D eigenvalue weighted by Gasteiger charge is 2.45. The summed E-state index contributed by atoms with van der Waals surface area (Å²) in [5.74, 6) is 0.0958. The summed E-state index contributed by atoms with van der Waals surface area (Å²) in [6.07, 6.45) is -6.93. The van der Waals surface area contributed by atoms with Gasteiger partial charge in [0.05, 0.1) is 25.2 Å². The van der Waals surface area contributed by atoms with Crippen LogP contribution in [0.1, 0.15) is 19.4 Å². The van der Waals surface area contributed by atoms with Crippen molar-refractivity contribution in [1.82, 2.24) is 5.06 Å². The van der Waals surface area contributed by atoms with E-state index < -0.39 is 42.7 Å². The van der Waals surface area contributed by atoms with Crippen LogP contribution in [-0.2, 0) is 20.9 Å². The molecule has 0 aliphatic carbocycles. The second kappa shape index (κ2) is 8.11. The van der Waals surface area contributed by atoms with E-state index in [4.69, 9.17) is 25.9 Å². The van der Waals surface area contributed by atoms with Gasteiger partial charge in [-0.05, 0) is 37.6 Å². The van der Waals surface area contributed by atoms with Crippen LogP contribution in [0, 0.1) is 5.41 Å². The molecule has 2 saturated heterocycles. The van der Waals surface area contributed by atoms with E-state index in [1.54, 1.807) is 26.0 Å². The van der Waals surface area contributed by atoms with E-state index in [9.17, 15) is 25.2 Å². The zero-order valence-electron chi connectivity index (χ0n) is 15.5. The van der Waals surface area contributed by atoms with Crippen molar-refractivity contribution in [2.24, 2.45) is 5.41 Å². The van der Waals surface area contributed by atoms with E-state index in [-0.39, 0.29) is 24.8 Å². The predicted octanol–water partition coefficient (Wildman–Crippen LogP) is -0.181. The number of hydrogen-bond donors (Lipinski definition) is 4. The first kappa shape index (κ1) is 21.3. The molecule has 2 aliphatic heterocycles. The fraction of sp³-hybridized carbons (Fsp3) is 0.611. The Morgan fingerprint density at radius 1 is 1.25 bits per heavy atom. The molecule has 2 fully saturated rings. The van der Waals surface area contributed by atoms with Crippen LogP contribution in [0.3, 0.4) is 0 Å². The van der Waals surface area contributed by atoms with Crippen molar-refractivity contribution in [3.05, 3.63) is 28.8 Å². The van der Waals surface area contributed by atoms with Crippen molar-refractivity contribution in [1.29, 1.82) is 0 Å². The summed E-state index contributed by atoms with van der Waals surface area (Å²) in [5.41, 5.74) is -0.0634. The van der Waals surface area contributed by atoms with Gasteiger partial charge in [-0.25, -0.2) is 5.06 Å². The minimum atomic E-state index is -1.54. The van der Waals surface area contributed by atoms with E-state index >= 15 is 0 Å². The van der Waals surface area contributed by atoms with Crippen LogP contribution in [0.5, 0.6) is 5.75 Å². The molecular weight excluding hydrogens is 394 g/mol. The molecule has 2 aliphatic rings. The Hall–Kier alpha value is -1.46. The number of hydroxylamine groups is 2. The lowest BCUT2D eigenvalue weighted by atomic mass is 9.95. The molecular formula is C18H24ClNO8. The second-order valence-corrected chi connectivity index (χ2v) is 7.97. The maximum atomic E-state index is 12.3. The minimum absolute atomic E-state index is 0.104. The normalized spacial score (nSPS) is 32.6. The van der Waals surface area contributed by atoms with Gasteiger partial charge in [0.25, 0.3) is 5.91 Å². The quantitative estimate of drug-likeness (QED) is 0.519. The van der Waals surface area contributed by atoms with Gasteiger partial charge < -0.3 is 29.9 Å². The SMILES string of the molecule is CC1(C)CON(Cc2cc(O[C@@H]3O[C@H](CO)[C@@H](O)[C@H](O)[C@H]3O)ccc2Cl)C1=O. The molecule has 1 aromatic carbocycles. The van der Waals surface area contributed by atoms with Crippen molar-refractivity contribution < 1.29 is 39.5 Å². The van der Waals surface area contributed by atoms with Crippen molar-refractivity contribution >= 4 is 17.5 Å². The number of rotatable bonds is 5. The molecule has 5 atom stereocenters. The smallest absolute Gasteiger partial charge is 0.254 e. The Labute approximate surface area is 166 Å². The second-order valence-electron chi connectivity index (χ2n) is 7.57. The molecule has 0 bridgehead atoms. The number of halogens is 1. The number of ether oxygens (including phenoxy) is 2. The molecule has 156 valence electrons. The van der Waals surface area contributed by atoms with Gasteiger partial charge in [0.1, 0.15) is 30.2 Å². The van der Waals surface area contributed by atoms with Crippen LogP contribution in [0.15, 0.2) is 18.2 Å². The number of benzene rings is 1. The van der Waals surface area contributed by atoms with E-state index in [0.29, 0.717) is 10.6 Å². The molecule has 10 heteroatoms. The summed E-state index contributed by atoms with van der Waals surface area (Å²) in [6.45, 7) is 3.39. The standard InChI is InChI=1S/C18H24ClNO8/c1-18(2)8-26-20(17(18)25)6-9-5-10(3-4-11(9)19)27-16-15(24)14(23)13(22)12(7-21)28-16/h3-5,12-16,21-24H,6-8H2,1-2H3/t12-,13-,14+,15-,16-/m1/s1. The van der Waals surface area contributed by atoms with Crippen molar-refractivity contribution in [2.45, 2.75) is 51.1 Å². The van der Waals surface area contributed by atoms with Crippen LogP contribution >= 0.6 is 11.6 Å². The highest BCUT2D eigenvalue weighted by molar-refractivity contribution is 6.31. The summed E-state index contributed by atoms with van der Waals surface area (Å²) in [6, 6.07) is 4.65. The van der Waals surface area contributed by atoms with E-state index in [2.05, 4.69) is 0 Å². The first-order chi connectivity index (χ1) is 13.1. The Balaban J connectivity index is 1.74. The van der Waals surface area contributed by atoms with Crippen LogP contribution < -0.4 is 4.74 Å². The van der Waals surface area contributed by atoms with Crippen molar-refractivity contribution in [2.75, 3.05) is 13.2 Å². The van der Waals surface area contributed by atoms with Crippen LogP contribution in [0.4, 0.5) is 0 Å². The molecule has 0 aromatic heterocycles. The Bertz CT molecular complexity index is 728. The van der Waals surface area contributed by atoms with Crippen LogP contribution in [0.25, 0.3) is 0 Å². The fourth-order valence-corrected chi connectivity index (χ4v) is 3.19. The van der Waals surface area contributed by atoms with Crippen molar-refractivity contribution in [3.63, 3.8) is 0 Å². The Kier molecular flexibility index (Phi) is 6.16. The predicted molar refractivity (Wildman–Crippen MR) is 96.1 cm³/mol. The highest BCUT2D eigenvalue weighted by atomic mass is 35.5. The lowest BCUT2D eigenvalue weighted by Crippen LogP contribution is -2.60. The van der Waals surface area contributed by atoms with Gasteiger partial charge in [-0.15, -0.1) is 0 Å². The van der Waals surface area contributed by atoms with E-state index in [1.807, 2.05) is 0 Å². The monoisotopic (exact) mass is 417 g/mol. The maximum Gasteiger partial charge on any atom is 0.254 e. The number of carbonyl (C=O) groups excluding carboxylic acids is 1. The number of nitrogens with zero attached hydrogens (tertiary/aromatic N) is 1. The van der Waals surface area contributed by atoms with Gasteiger partial charge in [-0.1, -0.05) is 11.6 Å². The van der Waals surface area contributed by atoms with Gasteiger partial charge >= 0.3 is 0 Å². The third-order valence-corrected chi connectivity index (χ3v) is 5.19. The molecule has 0 spiro atoms. The maximum absolute atomic E-state index is 12.3. The molecule has 1 aromatic rings. The van der Waals surface area contributed by atoms with Gasteiger partial charge in [-0.2, -0.15) is 0 Å². The largest absolute Gasteiger partial charge is 0.462 e. The van der Waals surface area contributed by atoms with Gasteiger partial charge in [0.2, 0.25) is 6.29 Å². The van der Waals surface area contributed by atoms with Gasteiger partial charge in [0, 0.05) is 5.02 Å². The summed E-state index contributed by atoms with van der Waals surface area (Å²) in [7, 11) is 0. The molecule has 28 heavy (non-hydrogen) atoms. The highest BCUT2D eigenvalue weighted by Crippen LogP contribution is 2.32. The average Bonchev–Trinajstić information content (AvgIpc) is 2.91. The third-order valence-electron chi connectivity index (χ3n) is 4.82. The molecule has 4 N–H and O–H groups in total. The minimum Gasteiger partial charge on any atom is -0.462 e. The topological polar surface area (TPSA) is 129 Å². The molecule has 0 saturated carbocycles. The summed E-state index contributed by atoms with van der Waals surface area (Å²) in [5, 5.41) is 40.7. The van der Waals surface area contributed by atoms with Crippen LogP contribution in [0.2, 0.25) is 5.02 Å². The molecule has 3 rings (SSSR count). The number of carbonyl (C=O) groups is 1. The first-order valence-electron chi connectivity index (χ1n) is 8.84. The first-order valence-corrected chi connectivity index (χ1v) is 9.22. The van der Waals surface area contributed by atoms with Crippen molar-refractivity contribution in [3.8, 4) is 5.75 Å². The molecule has 0 radical (unpaired) electrons. The van der Waals surface area contributed by atoms with E-state index in [0.717, 1.165) is 0 Å². The fourth-order valence-electron chi connectivity index (χ4n) is 3.01. The molecule has 9 nitrogen and oxygen atoms in total. The summed E-state index contributed by atoms with van der Waals surface area (Å²) < 4.78 is 10.9. The zero-order chi connectivity index (χ0) is 20.6. The number of hydrogen-bond acceptors (Lipinski definition) is 8. The Morgan fingerprint density at radius 3 is 2.57 bits per heavy atom. The van der Waals surface area contributed by atoms with E-state index in [1.165, 1.54) is 11.1 Å². The molecule has 2 heterocycles. The third kappa shape index (κ3) is 4.11. The number of aliphatic hydroxyl groups is 4.